The molecule has 0 spiro atoms. The van der Waals surface area contributed by atoms with Crippen molar-refractivity contribution in [3.8, 4) is 0 Å². The van der Waals surface area contributed by atoms with Crippen molar-refractivity contribution >= 4 is 23.3 Å². The van der Waals surface area contributed by atoms with Gasteiger partial charge in [-0.2, -0.15) is 0 Å². The molecule has 82 valence electrons. The summed E-state index contributed by atoms with van der Waals surface area (Å²) in [6.45, 7) is 1.79. The van der Waals surface area contributed by atoms with Crippen molar-refractivity contribution in [2.24, 2.45) is 0 Å². The Kier molecular flexibility index (Phi) is 4.04. The summed E-state index contributed by atoms with van der Waals surface area (Å²) in [6.07, 6.45) is 0. The number of hydrogen-bond acceptors (Lipinski definition) is 4. The minimum atomic E-state index is -1.07. The normalized spacial score (nSPS) is 9.67. The summed E-state index contributed by atoms with van der Waals surface area (Å²) in [5.74, 6) is -1.07. The Balaban J connectivity index is 2.25. The third-order valence-electron chi connectivity index (χ3n) is 1.47. The van der Waals surface area contributed by atoms with E-state index in [-0.39, 0.29) is 6.54 Å². The number of aliphatic carboxylic acids is 1. The molecule has 0 bridgehead atoms. The molecule has 0 unspecified atom stereocenters. The molecule has 1 aromatic heterocycles. The van der Waals surface area contributed by atoms with Crippen molar-refractivity contribution in [2.75, 3.05) is 6.54 Å². The molecule has 6 nitrogen and oxygen atoms in total. The van der Waals surface area contributed by atoms with Crippen LogP contribution in [-0.2, 0) is 11.3 Å². The highest BCUT2D eigenvalue weighted by molar-refractivity contribution is 7.09. The van der Waals surface area contributed by atoms with E-state index in [1.54, 1.807) is 0 Å². The van der Waals surface area contributed by atoms with Crippen LogP contribution in [0.5, 0.6) is 0 Å². The van der Waals surface area contributed by atoms with Gasteiger partial charge in [0.05, 0.1) is 6.54 Å². The average Bonchev–Trinajstić information content (AvgIpc) is 2.58. The zero-order chi connectivity index (χ0) is 11.3. The van der Waals surface area contributed by atoms with Gasteiger partial charge in [0.1, 0.15) is 11.6 Å². The van der Waals surface area contributed by atoms with Crippen molar-refractivity contribution in [1.82, 2.24) is 15.6 Å². The fourth-order valence-corrected chi connectivity index (χ4v) is 1.57. The lowest BCUT2D eigenvalue weighted by Crippen LogP contribution is -2.37. The largest absolute Gasteiger partial charge is 0.480 e. The molecule has 15 heavy (non-hydrogen) atoms. The minimum absolute atomic E-state index is 0.309. The van der Waals surface area contributed by atoms with Gasteiger partial charge in [-0.05, 0) is 6.92 Å². The number of urea groups is 1. The van der Waals surface area contributed by atoms with Crippen LogP contribution in [0.3, 0.4) is 0 Å². The van der Waals surface area contributed by atoms with E-state index in [0.717, 1.165) is 10.7 Å². The van der Waals surface area contributed by atoms with E-state index in [0.29, 0.717) is 6.54 Å². The third kappa shape index (κ3) is 4.41. The lowest BCUT2D eigenvalue weighted by atomic mass is 10.5. The fourth-order valence-electron chi connectivity index (χ4n) is 0.858. The second-order valence-electron chi connectivity index (χ2n) is 2.81. The van der Waals surface area contributed by atoms with Gasteiger partial charge in [0, 0.05) is 11.1 Å². The number of carbonyl (C=O) groups is 2. The van der Waals surface area contributed by atoms with Crippen molar-refractivity contribution < 1.29 is 14.7 Å². The minimum Gasteiger partial charge on any atom is -0.480 e. The van der Waals surface area contributed by atoms with Gasteiger partial charge < -0.3 is 15.7 Å². The van der Waals surface area contributed by atoms with Crippen LogP contribution in [0, 0.1) is 6.92 Å². The molecule has 1 heterocycles. The van der Waals surface area contributed by atoms with Crippen molar-refractivity contribution in [3.63, 3.8) is 0 Å². The first-order chi connectivity index (χ1) is 7.08. The Morgan fingerprint density at radius 3 is 2.80 bits per heavy atom. The Morgan fingerprint density at radius 1 is 1.53 bits per heavy atom. The second kappa shape index (κ2) is 5.30. The smallest absolute Gasteiger partial charge is 0.323 e. The van der Waals surface area contributed by atoms with Crippen LogP contribution >= 0.6 is 11.3 Å². The highest BCUT2D eigenvalue weighted by Gasteiger charge is 2.04. The monoisotopic (exact) mass is 229 g/mol. The van der Waals surface area contributed by atoms with E-state index in [2.05, 4.69) is 15.6 Å². The number of carboxylic acid groups (broad SMARTS) is 1. The zero-order valence-corrected chi connectivity index (χ0v) is 8.93. The number of nitrogens with zero attached hydrogens (tertiary/aromatic N) is 1. The first kappa shape index (κ1) is 11.4. The maximum atomic E-state index is 11.0. The zero-order valence-electron chi connectivity index (χ0n) is 8.11. The van der Waals surface area contributed by atoms with E-state index in [9.17, 15) is 9.59 Å². The summed E-state index contributed by atoms with van der Waals surface area (Å²) in [5, 5.41) is 15.7. The predicted octanol–water partition coefficient (Wildman–Crippen LogP) is 0.335. The molecule has 1 aromatic rings. The molecule has 0 aliphatic carbocycles. The molecule has 0 fully saturated rings. The summed E-state index contributed by atoms with van der Waals surface area (Å²) in [6, 6.07) is -0.509. The third-order valence-corrected chi connectivity index (χ3v) is 2.43. The van der Waals surface area contributed by atoms with Crippen molar-refractivity contribution in [1.29, 1.82) is 0 Å². The van der Waals surface area contributed by atoms with Crippen LogP contribution in [0.15, 0.2) is 5.38 Å². The first-order valence-electron chi connectivity index (χ1n) is 4.22. The van der Waals surface area contributed by atoms with Gasteiger partial charge in [-0.15, -0.1) is 11.3 Å². The molecular formula is C8H11N3O3S. The second-order valence-corrected chi connectivity index (χ2v) is 3.76. The van der Waals surface area contributed by atoms with Crippen LogP contribution in [-0.4, -0.2) is 28.6 Å². The standard InChI is InChI=1S/C8H11N3O3S/c1-5-4-15-6(11-5)2-9-8(14)10-3-7(12)13/h4H,2-3H2,1H3,(H,12,13)(H2,9,10,14). The van der Waals surface area contributed by atoms with E-state index >= 15 is 0 Å². The van der Waals surface area contributed by atoms with Crippen molar-refractivity contribution in [3.05, 3.63) is 16.1 Å². The maximum absolute atomic E-state index is 11.0. The molecule has 3 N–H and O–H groups in total. The van der Waals surface area contributed by atoms with Gasteiger partial charge in [0.2, 0.25) is 0 Å². The Morgan fingerprint density at radius 2 is 2.27 bits per heavy atom. The summed E-state index contributed by atoms with van der Waals surface area (Å²) >= 11 is 1.45. The Hall–Kier alpha value is -1.63. The Bertz CT molecular complexity index is 364. The summed E-state index contributed by atoms with van der Waals surface area (Å²) in [4.78, 5) is 25.3. The van der Waals surface area contributed by atoms with Gasteiger partial charge in [0.25, 0.3) is 0 Å². The van der Waals surface area contributed by atoms with Gasteiger partial charge in [-0.3, -0.25) is 4.79 Å². The number of amides is 2. The molecule has 0 aromatic carbocycles. The van der Waals surface area contributed by atoms with Crippen LogP contribution in [0.25, 0.3) is 0 Å². The van der Waals surface area contributed by atoms with E-state index in [1.165, 1.54) is 11.3 Å². The topological polar surface area (TPSA) is 91.3 Å². The number of rotatable bonds is 4. The number of carbonyl (C=O) groups excluding carboxylic acids is 1. The number of aromatic nitrogens is 1. The van der Waals surface area contributed by atoms with Crippen LogP contribution in [0.4, 0.5) is 4.79 Å². The number of hydrogen-bond donors (Lipinski definition) is 3. The molecule has 0 saturated heterocycles. The lowest BCUT2D eigenvalue weighted by molar-refractivity contribution is -0.135. The highest BCUT2D eigenvalue weighted by atomic mass is 32.1. The molecule has 7 heteroatoms. The highest BCUT2D eigenvalue weighted by Crippen LogP contribution is 2.07. The van der Waals surface area contributed by atoms with Gasteiger partial charge >= 0.3 is 12.0 Å². The average molecular weight is 229 g/mol. The van der Waals surface area contributed by atoms with Crippen LogP contribution in [0.1, 0.15) is 10.7 Å². The van der Waals surface area contributed by atoms with Crippen molar-refractivity contribution in [2.45, 2.75) is 13.5 Å². The fraction of sp³-hybridized carbons (Fsp3) is 0.375. The van der Waals surface area contributed by atoms with E-state index in [4.69, 9.17) is 5.11 Å². The van der Waals surface area contributed by atoms with Crippen LogP contribution in [0.2, 0.25) is 0 Å². The molecule has 2 amide bonds. The lowest BCUT2D eigenvalue weighted by Gasteiger charge is -2.03. The summed E-state index contributed by atoms with van der Waals surface area (Å²) in [7, 11) is 0. The molecule has 0 radical (unpaired) electrons. The maximum Gasteiger partial charge on any atom is 0.323 e. The molecule has 0 atom stereocenters. The number of thiazole rings is 1. The number of carboxylic acids is 1. The van der Waals surface area contributed by atoms with Gasteiger partial charge in [0.15, 0.2) is 0 Å². The van der Waals surface area contributed by atoms with E-state index in [1.807, 2.05) is 12.3 Å². The first-order valence-corrected chi connectivity index (χ1v) is 5.10. The summed E-state index contributed by atoms with van der Waals surface area (Å²) < 4.78 is 0. The summed E-state index contributed by atoms with van der Waals surface area (Å²) in [5.41, 5.74) is 0.905. The number of aryl methyl sites for hydroxylation is 1. The molecule has 0 aliphatic heterocycles. The van der Waals surface area contributed by atoms with E-state index < -0.39 is 12.0 Å². The molecule has 1 rings (SSSR count). The Labute approximate surface area is 90.3 Å². The number of nitrogens with one attached hydrogen (secondary N) is 2. The van der Waals surface area contributed by atoms with Gasteiger partial charge in [-0.1, -0.05) is 0 Å². The molecule has 0 saturated carbocycles. The molecule has 0 aliphatic rings. The SMILES string of the molecule is Cc1csc(CNC(=O)NCC(=O)O)n1. The molecular weight excluding hydrogens is 218 g/mol. The predicted molar refractivity (Wildman–Crippen MR) is 54.7 cm³/mol. The van der Waals surface area contributed by atoms with Gasteiger partial charge in [-0.25, -0.2) is 9.78 Å². The van der Waals surface area contributed by atoms with Crippen LogP contribution < -0.4 is 10.6 Å². The quantitative estimate of drug-likeness (QED) is 0.694.